The number of hydrogen-bond acceptors (Lipinski definition) is 4. The van der Waals surface area contributed by atoms with Gasteiger partial charge in [-0.3, -0.25) is 0 Å². The molecule has 0 atom stereocenters. The Hall–Kier alpha value is -2.03. The molecule has 28 heavy (non-hydrogen) atoms. The van der Waals surface area contributed by atoms with E-state index in [0.29, 0.717) is 47.5 Å². The zero-order valence-corrected chi connectivity index (χ0v) is 18.6. The van der Waals surface area contributed by atoms with Crippen molar-refractivity contribution in [3.8, 4) is 23.0 Å². The van der Waals surface area contributed by atoms with Gasteiger partial charge in [0.15, 0.2) is 0 Å². The number of phenols is 2. The minimum atomic E-state index is -1.06. The number of aromatic carboxylic acids is 1. The highest BCUT2D eigenvalue weighted by atomic mass is 79.9. The second kappa shape index (κ2) is 7.09. The highest BCUT2D eigenvalue weighted by Gasteiger charge is 2.35. The van der Waals surface area contributed by atoms with Crippen LogP contribution in [0.4, 0.5) is 0 Å². The first kappa shape index (κ1) is 19.3. The number of carboxylic acids is 1. The van der Waals surface area contributed by atoms with Crippen molar-refractivity contribution in [3.63, 3.8) is 0 Å². The molecule has 8 heteroatoms. The topological polar surface area (TPSA) is 87.0 Å². The second-order valence-electron chi connectivity index (χ2n) is 6.03. The van der Waals surface area contributed by atoms with Gasteiger partial charge in [0.1, 0.15) is 27.5 Å². The lowest BCUT2D eigenvalue weighted by Crippen LogP contribution is -2.16. The average Bonchev–Trinajstić information content (AvgIpc) is 2.66. The zero-order chi connectivity index (χ0) is 20.2. The van der Waals surface area contributed by atoms with E-state index in [9.17, 15) is 20.1 Å². The zero-order valence-electron chi connectivity index (χ0n) is 13.8. The highest BCUT2D eigenvalue weighted by molar-refractivity contribution is 9.11. The number of benzene rings is 3. The summed E-state index contributed by atoms with van der Waals surface area (Å²) in [4.78, 5) is 11.8. The molecule has 5 nitrogen and oxygen atoms in total. The van der Waals surface area contributed by atoms with Crippen molar-refractivity contribution < 1.29 is 24.9 Å². The van der Waals surface area contributed by atoms with Gasteiger partial charge >= 0.3 is 5.97 Å². The van der Waals surface area contributed by atoms with E-state index in [0.717, 1.165) is 0 Å². The van der Waals surface area contributed by atoms with Crippen LogP contribution in [0.2, 0.25) is 0 Å². The molecule has 0 amide bonds. The average molecular weight is 570 g/mol. The predicted molar refractivity (Wildman–Crippen MR) is 113 cm³/mol. The van der Waals surface area contributed by atoms with E-state index in [1.165, 1.54) is 12.1 Å². The summed E-state index contributed by atoms with van der Waals surface area (Å²) in [6, 6.07) is 11.4. The monoisotopic (exact) mass is 567 g/mol. The van der Waals surface area contributed by atoms with Crippen LogP contribution in [-0.4, -0.2) is 21.3 Å². The third kappa shape index (κ3) is 3.00. The molecule has 0 bridgehead atoms. The van der Waals surface area contributed by atoms with Crippen molar-refractivity contribution in [3.05, 3.63) is 84.1 Å². The number of halogens is 3. The van der Waals surface area contributed by atoms with Crippen LogP contribution in [-0.2, 0) is 0 Å². The number of fused-ring (bicyclic) bond motifs is 2. The standard InChI is InChI=1S/C20H10Br3O5/c21-12-5-10-15(7-14(12)24)28-19-11(6-13(22)18(25)17(19)23)16(10)8-3-1-2-4-9(8)20(26)27/h1-7,24-25H,(H,26,27). The predicted octanol–water partition coefficient (Wildman–Crippen LogP) is 6.21. The van der Waals surface area contributed by atoms with Gasteiger partial charge in [0, 0.05) is 17.2 Å². The first-order valence-electron chi connectivity index (χ1n) is 7.91. The largest absolute Gasteiger partial charge is 0.507 e. The van der Waals surface area contributed by atoms with Crippen LogP contribution in [0, 0.1) is 5.92 Å². The fourth-order valence-electron chi connectivity index (χ4n) is 3.13. The minimum Gasteiger partial charge on any atom is -0.507 e. The lowest BCUT2D eigenvalue weighted by molar-refractivity contribution is 0.0696. The van der Waals surface area contributed by atoms with Gasteiger partial charge < -0.3 is 20.1 Å². The Morgan fingerprint density at radius 1 is 0.893 bits per heavy atom. The fourth-order valence-corrected chi connectivity index (χ4v) is 4.68. The summed E-state index contributed by atoms with van der Waals surface area (Å²) in [6.45, 7) is 0. The fraction of sp³-hybridized carbons (Fsp3) is 0. The number of ether oxygens (including phenoxy) is 1. The maximum absolute atomic E-state index is 11.8. The van der Waals surface area contributed by atoms with Gasteiger partial charge in [-0.2, -0.15) is 0 Å². The van der Waals surface area contributed by atoms with Crippen molar-refractivity contribution in [2.24, 2.45) is 0 Å². The molecule has 0 saturated carbocycles. The van der Waals surface area contributed by atoms with Crippen molar-refractivity contribution >= 4 is 53.8 Å². The van der Waals surface area contributed by atoms with E-state index in [-0.39, 0.29) is 17.1 Å². The van der Waals surface area contributed by atoms with Crippen LogP contribution in [0.1, 0.15) is 27.0 Å². The summed E-state index contributed by atoms with van der Waals surface area (Å²) in [6.07, 6.45) is 0. The van der Waals surface area contributed by atoms with Crippen LogP contribution in [0.3, 0.4) is 0 Å². The van der Waals surface area contributed by atoms with E-state index in [1.54, 1.807) is 30.3 Å². The van der Waals surface area contributed by atoms with E-state index in [2.05, 4.69) is 47.8 Å². The number of hydrogen-bond donors (Lipinski definition) is 3. The quantitative estimate of drug-likeness (QED) is 0.267. The van der Waals surface area contributed by atoms with Gasteiger partial charge in [-0.05, 0) is 71.6 Å². The molecule has 1 radical (unpaired) electrons. The Morgan fingerprint density at radius 2 is 1.57 bits per heavy atom. The van der Waals surface area contributed by atoms with E-state index in [4.69, 9.17) is 4.74 Å². The van der Waals surface area contributed by atoms with Gasteiger partial charge in [0.2, 0.25) is 0 Å². The molecular weight excluding hydrogens is 560 g/mol. The summed E-state index contributed by atoms with van der Waals surface area (Å²) in [5, 5.41) is 30.1. The highest BCUT2D eigenvalue weighted by Crippen LogP contribution is 2.55. The maximum Gasteiger partial charge on any atom is 0.336 e. The van der Waals surface area contributed by atoms with Crippen molar-refractivity contribution in [2.75, 3.05) is 0 Å². The minimum absolute atomic E-state index is 0.0227. The smallest absolute Gasteiger partial charge is 0.336 e. The molecule has 0 unspecified atom stereocenters. The van der Waals surface area contributed by atoms with Crippen molar-refractivity contribution in [1.29, 1.82) is 0 Å². The Morgan fingerprint density at radius 3 is 2.29 bits per heavy atom. The Balaban J connectivity index is 2.09. The Labute approximate surface area is 185 Å². The number of carboxylic acid groups (broad SMARTS) is 1. The van der Waals surface area contributed by atoms with Gasteiger partial charge in [-0.1, -0.05) is 18.2 Å². The third-order valence-corrected chi connectivity index (χ3v) is 6.35. The summed E-state index contributed by atoms with van der Waals surface area (Å²) < 4.78 is 7.14. The number of phenolic OH excluding ortho intramolecular Hbond substituents is 2. The molecule has 0 saturated heterocycles. The number of rotatable bonds is 2. The van der Waals surface area contributed by atoms with Gasteiger partial charge in [-0.15, -0.1) is 0 Å². The van der Waals surface area contributed by atoms with Crippen LogP contribution in [0.15, 0.2) is 55.9 Å². The normalized spacial score (nSPS) is 12.8. The molecule has 3 aromatic carbocycles. The second-order valence-corrected chi connectivity index (χ2v) is 8.53. The first-order valence-corrected chi connectivity index (χ1v) is 10.3. The molecular formula is C20H10Br3O5. The Kier molecular flexibility index (Phi) is 4.89. The van der Waals surface area contributed by atoms with Gasteiger partial charge in [0.25, 0.3) is 0 Å². The number of aromatic hydroxyl groups is 2. The first-order chi connectivity index (χ1) is 13.3. The summed E-state index contributed by atoms with van der Waals surface area (Å²) >= 11 is 9.98. The van der Waals surface area contributed by atoms with E-state index >= 15 is 0 Å². The molecule has 0 aliphatic carbocycles. The van der Waals surface area contributed by atoms with E-state index in [1.807, 2.05) is 0 Å². The summed E-state index contributed by atoms with van der Waals surface area (Å²) in [5.41, 5.74) is 1.81. The molecule has 0 fully saturated rings. The van der Waals surface area contributed by atoms with Crippen LogP contribution >= 0.6 is 47.8 Å². The maximum atomic E-state index is 11.8. The summed E-state index contributed by atoms with van der Waals surface area (Å²) in [7, 11) is 0. The van der Waals surface area contributed by atoms with E-state index < -0.39 is 5.97 Å². The van der Waals surface area contributed by atoms with Crippen LogP contribution < -0.4 is 4.74 Å². The molecule has 1 heterocycles. The molecule has 1 aliphatic heterocycles. The Bertz CT molecular complexity index is 1140. The molecule has 4 rings (SSSR count). The van der Waals surface area contributed by atoms with Crippen molar-refractivity contribution in [1.82, 2.24) is 0 Å². The molecule has 0 spiro atoms. The van der Waals surface area contributed by atoms with Gasteiger partial charge in [0.05, 0.1) is 20.4 Å². The van der Waals surface area contributed by atoms with Crippen LogP contribution in [0.25, 0.3) is 0 Å². The van der Waals surface area contributed by atoms with Gasteiger partial charge in [-0.25, -0.2) is 4.79 Å². The van der Waals surface area contributed by atoms with Crippen molar-refractivity contribution in [2.45, 2.75) is 0 Å². The SMILES string of the molecule is O=C(O)c1ccccc1[C]1c2cc(Br)c(O)cc2Oc2c1cc(Br)c(O)c2Br. The summed E-state index contributed by atoms with van der Waals surface area (Å²) in [5.74, 6) is 0.139. The van der Waals surface area contributed by atoms with Crippen LogP contribution in [0.5, 0.6) is 23.0 Å². The molecule has 1 aliphatic rings. The molecule has 3 N–H and O–H groups in total. The lowest BCUT2D eigenvalue weighted by atomic mass is 9.80. The molecule has 3 aromatic rings. The number of carbonyl (C=O) groups is 1. The third-order valence-electron chi connectivity index (χ3n) is 4.38. The molecule has 141 valence electrons. The lowest BCUT2D eigenvalue weighted by Gasteiger charge is -2.30. The molecule has 0 aromatic heterocycles.